The number of thioether (sulfide) groups is 1. The number of carbonyl (C=O) groups excluding carboxylic acids is 1. The van der Waals surface area contributed by atoms with Crippen molar-refractivity contribution in [2.24, 2.45) is 12.0 Å². The van der Waals surface area contributed by atoms with Crippen molar-refractivity contribution < 1.29 is 9.18 Å². The Hall–Kier alpha value is -1.63. The molecule has 130 valence electrons. The molecule has 25 heavy (non-hydrogen) atoms. The number of hydrogen-bond acceptors (Lipinski definition) is 3. The molecule has 3 nitrogen and oxygen atoms in total. The van der Waals surface area contributed by atoms with Gasteiger partial charge in [0.15, 0.2) is 4.80 Å². The van der Waals surface area contributed by atoms with Gasteiger partial charge in [0.25, 0.3) is 0 Å². The number of rotatable bonds is 4. The smallest absolute Gasteiger partial charge is 0.249 e. The number of aromatic nitrogens is 1. The van der Waals surface area contributed by atoms with Crippen LogP contribution in [-0.4, -0.2) is 16.2 Å². The Morgan fingerprint density at radius 2 is 2.04 bits per heavy atom. The van der Waals surface area contributed by atoms with Crippen LogP contribution in [0.15, 0.2) is 46.3 Å². The van der Waals surface area contributed by atoms with Crippen LogP contribution in [-0.2, 0) is 11.8 Å². The second kappa shape index (κ2) is 7.72. The van der Waals surface area contributed by atoms with Crippen molar-refractivity contribution in [2.75, 3.05) is 5.75 Å². The summed E-state index contributed by atoms with van der Waals surface area (Å²) in [6.07, 6.45) is 0.329. The number of halogens is 2. The van der Waals surface area contributed by atoms with Crippen molar-refractivity contribution in [2.45, 2.75) is 18.2 Å². The summed E-state index contributed by atoms with van der Waals surface area (Å²) in [4.78, 5) is 18.0. The maximum absolute atomic E-state index is 12.9. The summed E-state index contributed by atoms with van der Waals surface area (Å²) in [6, 6.07) is 10.0. The van der Waals surface area contributed by atoms with Crippen LogP contribution in [0.2, 0.25) is 5.02 Å². The molecule has 0 fully saturated rings. The monoisotopic (exact) mass is 394 g/mol. The van der Waals surface area contributed by atoms with E-state index in [0.717, 1.165) is 20.7 Å². The van der Waals surface area contributed by atoms with E-state index >= 15 is 0 Å². The lowest BCUT2D eigenvalue weighted by Gasteiger charge is -2.01. The van der Waals surface area contributed by atoms with Gasteiger partial charge < -0.3 is 4.57 Å². The van der Waals surface area contributed by atoms with Crippen molar-refractivity contribution in [3.05, 3.63) is 57.6 Å². The first-order chi connectivity index (χ1) is 11.9. The summed E-state index contributed by atoms with van der Waals surface area (Å²) in [5.41, 5.74) is 2.10. The summed E-state index contributed by atoms with van der Waals surface area (Å²) >= 11 is 9.07. The molecule has 1 aromatic heterocycles. The number of amides is 1. The highest BCUT2D eigenvalue weighted by molar-refractivity contribution is 7.99. The molecule has 1 amide bonds. The quantitative estimate of drug-likeness (QED) is 0.587. The molecule has 0 unspecified atom stereocenters. The lowest BCUT2D eigenvalue weighted by atomic mass is 10.2. The van der Waals surface area contributed by atoms with Crippen molar-refractivity contribution in [1.29, 1.82) is 0 Å². The van der Waals surface area contributed by atoms with Crippen LogP contribution in [0, 0.1) is 12.7 Å². The maximum atomic E-state index is 12.9. The van der Waals surface area contributed by atoms with Crippen LogP contribution in [0.5, 0.6) is 0 Å². The van der Waals surface area contributed by atoms with Crippen LogP contribution in [0.25, 0.3) is 10.2 Å². The van der Waals surface area contributed by atoms with Crippen molar-refractivity contribution >= 4 is 50.8 Å². The Balaban J connectivity index is 1.73. The van der Waals surface area contributed by atoms with Gasteiger partial charge in [0, 0.05) is 29.1 Å². The minimum Gasteiger partial charge on any atom is -0.319 e. The Labute approximate surface area is 158 Å². The Bertz CT molecular complexity index is 993. The van der Waals surface area contributed by atoms with Gasteiger partial charge in [-0.05, 0) is 48.9 Å². The zero-order valence-corrected chi connectivity index (χ0v) is 16.1. The number of benzene rings is 2. The minimum absolute atomic E-state index is 0.166. The molecule has 0 aliphatic rings. The fourth-order valence-corrected chi connectivity index (χ4v) is 4.85. The summed E-state index contributed by atoms with van der Waals surface area (Å²) in [6.45, 7) is 1.99. The second-order valence-electron chi connectivity index (χ2n) is 5.57. The SMILES string of the molecule is Cc1cc(Cl)cc2sc(=NC(=O)CCSc3ccc(F)cc3)n(C)c12. The third kappa shape index (κ3) is 4.32. The molecule has 0 radical (unpaired) electrons. The van der Waals surface area contributed by atoms with E-state index in [0.29, 0.717) is 22.0 Å². The zero-order chi connectivity index (χ0) is 18.0. The first-order valence-corrected chi connectivity index (χ1v) is 9.83. The van der Waals surface area contributed by atoms with Gasteiger partial charge in [-0.2, -0.15) is 4.99 Å². The van der Waals surface area contributed by atoms with Gasteiger partial charge >= 0.3 is 0 Å². The summed E-state index contributed by atoms with van der Waals surface area (Å²) in [5.74, 6) is 0.177. The topological polar surface area (TPSA) is 34.4 Å². The number of nitrogens with zero attached hydrogens (tertiary/aromatic N) is 2. The Kier molecular flexibility index (Phi) is 5.61. The van der Waals surface area contributed by atoms with Crippen LogP contribution in [0.4, 0.5) is 4.39 Å². The normalized spacial score (nSPS) is 12.1. The minimum atomic E-state index is -0.261. The molecule has 0 aliphatic carbocycles. The van der Waals surface area contributed by atoms with Gasteiger partial charge in [0.2, 0.25) is 5.91 Å². The zero-order valence-electron chi connectivity index (χ0n) is 13.8. The van der Waals surface area contributed by atoms with Gasteiger partial charge in [-0.25, -0.2) is 4.39 Å². The Morgan fingerprint density at radius 1 is 1.32 bits per heavy atom. The largest absolute Gasteiger partial charge is 0.319 e. The highest BCUT2D eigenvalue weighted by Gasteiger charge is 2.09. The van der Waals surface area contributed by atoms with Gasteiger partial charge in [0.1, 0.15) is 5.82 Å². The van der Waals surface area contributed by atoms with E-state index in [1.807, 2.05) is 30.7 Å². The van der Waals surface area contributed by atoms with Gasteiger partial charge in [-0.1, -0.05) is 22.9 Å². The van der Waals surface area contributed by atoms with E-state index in [1.54, 1.807) is 12.1 Å². The molecular weight excluding hydrogens is 379 g/mol. The van der Waals surface area contributed by atoms with E-state index in [4.69, 9.17) is 11.6 Å². The van der Waals surface area contributed by atoms with E-state index in [2.05, 4.69) is 4.99 Å². The molecule has 3 aromatic rings. The van der Waals surface area contributed by atoms with Crippen molar-refractivity contribution in [3.63, 3.8) is 0 Å². The number of aryl methyl sites for hydroxylation is 2. The predicted octanol–water partition coefficient (Wildman–Crippen LogP) is 4.95. The lowest BCUT2D eigenvalue weighted by molar-refractivity contribution is -0.117. The van der Waals surface area contributed by atoms with Gasteiger partial charge in [-0.15, -0.1) is 11.8 Å². The molecule has 1 heterocycles. The van der Waals surface area contributed by atoms with Crippen molar-refractivity contribution in [1.82, 2.24) is 4.57 Å². The average Bonchev–Trinajstić information content (AvgIpc) is 2.85. The average molecular weight is 395 g/mol. The van der Waals surface area contributed by atoms with Crippen LogP contribution in [0.3, 0.4) is 0 Å². The van der Waals surface area contributed by atoms with Crippen LogP contribution >= 0.6 is 34.7 Å². The Morgan fingerprint density at radius 3 is 2.76 bits per heavy atom. The van der Waals surface area contributed by atoms with Gasteiger partial charge in [0.05, 0.1) is 10.2 Å². The van der Waals surface area contributed by atoms with E-state index in [1.165, 1.54) is 35.2 Å². The number of fused-ring (bicyclic) bond motifs is 1. The fraction of sp³-hybridized carbons (Fsp3) is 0.222. The molecule has 7 heteroatoms. The fourth-order valence-electron chi connectivity index (χ4n) is 2.52. The standard InChI is InChI=1S/C18H16ClFN2OS2/c1-11-9-12(19)10-15-17(11)22(2)18(25-15)21-16(23)7-8-24-14-5-3-13(20)4-6-14/h3-6,9-10H,7-8H2,1-2H3. The molecule has 0 saturated heterocycles. The molecule has 2 aromatic carbocycles. The predicted molar refractivity (Wildman–Crippen MR) is 103 cm³/mol. The molecule has 0 atom stereocenters. The molecular formula is C18H16ClFN2OS2. The lowest BCUT2D eigenvalue weighted by Crippen LogP contribution is -2.13. The van der Waals surface area contributed by atoms with Crippen molar-refractivity contribution in [3.8, 4) is 0 Å². The summed E-state index contributed by atoms with van der Waals surface area (Å²) in [5, 5.41) is 0.681. The van der Waals surface area contributed by atoms with Crippen LogP contribution < -0.4 is 4.80 Å². The summed E-state index contributed by atoms with van der Waals surface area (Å²) < 4.78 is 15.8. The molecule has 0 spiro atoms. The molecule has 0 N–H and O–H groups in total. The summed E-state index contributed by atoms with van der Waals surface area (Å²) in [7, 11) is 1.90. The molecule has 0 bridgehead atoms. The number of thiazole rings is 1. The highest BCUT2D eigenvalue weighted by atomic mass is 35.5. The van der Waals surface area contributed by atoms with E-state index < -0.39 is 0 Å². The maximum Gasteiger partial charge on any atom is 0.249 e. The first-order valence-electron chi connectivity index (χ1n) is 7.65. The third-order valence-corrected chi connectivity index (χ3v) is 5.98. The van der Waals surface area contributed by atoms with E-state index in [9.17, 15) is 9.18 Å². The third-order valence-electron chi connectivity index (χ3n) is 3.67. The number of hydrogen-bond donors (Lipinski definition) is 0. The van der Waals surface area contributed by atoms with E-state index in [-0.39, 0.29) is 11.7 Å². The highest BCUT2D eigenvalue weighted by Crippen LogP contribution is 2.25. The molecule has 0 aliphatic heterocycles. The molecule has 0 saturated carbocycles. The van der Waals surface area contributed by atoms with Gasteiger partial charge in [-0.3, -0.25) is 4.79 Å². The second-order valence-corrected chi connectivity index (χ2v) is 8.18. The molecule has 3 rings (SSSR count). The first kappa shape index (κ1) is 18.2. The number of carbonyl (C=O) groups is 1. The van der Waals surface area contributed by atoms with Crippen LogP contribution in [0.1, 0.15) is 12.0 Å².